The molecule has 0 fully saturated rings. The van der Waals surface area contributed by atoms with Crippen LogP contribution in [0.4, 0.5) is 31.5 Å². The van der Waals surface area contributed by atoms with Crippen molar-refractivity contribution in [2.75, 3.05) is 27.9 Å². The van der Waals surface area contributed by atoms with Crippen molar-refractivity contribution in [1.82, 2.24) is 0 Å². The Morgan fingerprint density at radius 2 is 0.659 bits per heavy atom. The first-order valence-electron chi connectivity index (χ1n) is 13.1. The molecule has 6 rings (SSSR count). The van der Waals surface area contributed by atoms with E-state index in [-0.39, 0.29) is 38.4 Å². The number of rotatable bonds is 0. The van der Waals surface area contributed by atoms with Crippen molar-refractivity contribution in [2.24, 2.45) is 0 Å². The molecule has 0 spiro atoms. The van der Waals surface area contributed by atoms with Crippen LogP contribution in [0.15, 0.2) is 109 Å². The molecule has 0 atom stereocenters. The number of fused-ring (bicyclic) bond motifs is 3. The van der Waals surface area contributed by atoms with Crippen molar-refractivity contribution in [1.29, 1.82) is 0 Å². The Balaban J connectivity index is 0.000000303. The normalized spacial score (nSPS) is 9.59. The van der Waals surface area contributed by atoms with E-state index >= 15 is 0 Å². The number of nitrogens with two attached hydrogens (primary N) is 4. The summed E-state index contributed by atoms with van der Waals surface area (Å²) < 4.78 is 27.2. The van der Waals surface area contributed by atoms with Crippen LogP contribution < -0.4 is 22.9 Å². The largest absolute Gasteiger partial charge is 0.0616 e. The Morgan fingerprint density at radius 3 is 0.841 bits per heavy atom. The Hall–Kier alpha value is -1.34. The summed E-state index contributed by atoms with van der Waals surface area (Å²) >= 11 is 9.54. The average Bonchev–Trinajstić information content (AvgIpc) is 3.04. The van der Waals surface area contributed by atoms with Gasteiger partial charge in [0.2, 0.25) is 0 Å². The zero-order valence-electron chi connectivity index (χ0n) is 24.4. The maximum atomic E-state index is 13.6. The zero-order valence-corrected chi connectivity index (χ0v) is 34.4. The summed E-state index contributed by atoms with van der Waals surface area (Å²) in [7, 11) is 0. The van der Waals surface area contributed by atoms with E-state index in [1.807, 2.05) is 18.8 Å². The summed E-state index contributed by atoms with van der Waals surface area (Å²) in [5.74, 6) is -1.49. The predicted octanol–water partition coefficient (Wildman–Crippen LogP) is 11.9. The van der Waals surface area contributed by atoms with Crippen LogP contribution in [0.25, 0.3) is 32.3 Å². The van der Waals surface area contributed by atoms with Crippen molar-refractivity contribution in [3.05, 3.63) is 121 Å². The van der Waals surface area contributed by atoms with Gasteiger partial charge in [-0.25, -0.2) is 8.78 Å². The third-order valence-electron chi connectivity index (χ3n) is 5.77. The average molecular weight is 1080 g/mol. The van der Waals surface area contributed by atoms with Gasteiger partial charge >= 0.3 is 64.9 Å². The van der Waals surface area contributed by atoms with Gasteiger partial charge in [-0.1, -0.05) is 134 Å². The third kappa shape index (κ3) is 12.8. The molecular weight excluding hydrogens is 1050 g/mol. The molecule has 44 heavy (non-hydrogen) atoms. The topological polar surface area (TPSA) is 104 Å². The molecule has 8 N–H and O–H groups in total. The zero-order chi connectivity index (χ0) is 33.2. The van der Waals surface area contributed by atoms with E-state index in [1.165, 1.54) is 21.5 Å². The molecule has 0 radical (unpaired) electrons. The summed E-state index contributed by atoms with van der Waals surface area (Å²) in [5, 5.41) is 4.97. The maximum absolute atomic E-state index is 13.6. The van der Waals surface area contributed by atoms with E-state index in [9.17, 15) is 8.78 Å². The SMILES string of the molecule is CC.CI.Nc1cc(F)c2c(N)c(N)cc(F)c2c1N.[I][V]([I])[I].c1ccc2ccccc2c1.c1ccc2ccccc2c1. The molecule has 0 saturated carbocycles. The van der Waals surface area contributed by atoms with Crippen LogP contribution in [0, 0.1) is 11.6 Å². The van der Waals surface area contributed by atoms with Gasteiger partial charge in [0.1, 0.15) is 11.6 Å². The van der Waals surface area contributed by atoms with Crippen molar-refractivity contribution in [3.8, 4) is 0 Å². The van der Waals surface area contributed by atoms with Gasteiger partial charge in [0.05, 0.1) is 22.7 Å². The molecule has 0 amide bonds. The van der Waals surface area contributed by atoms with Crippen LogP contribution in [0.1, 0.15) is 13.8 Å². The molecule has 0 aliphatic carbocycles. The van der Waals surface area contributed by atoms with Gasteiger partial charge in [-0.3, -0.25) is 0 Å². The molecule has 0 bridgehead atoms. The summed E-state index contributed by atoms with van der Waals surface area (Å²) in [6, 6.07) is 35.4. The van der Waals surface area contributed by atoms with Crippen LogP contribution in [0.5, 0.6) is 0 Å². The fraction of sp³-hybridized carbons (Fsp3) is 0.0909. The first-order chi connectivity index (χ1) is 21.1. The Bertz CT molecular complexity index is 1480. The number of halogens is 6. The first-order valence-corrected chi connectivity index (χ1v) is 28.8. The van der Waals surface area contributed by atoms with Crippen LogP contribution >= 0.6 is 82.5 Å². The monoisotopic (exact) mass is 1080 g/mol. The smallest absolute Gasteiger partial charge is 0.0184 e. The van der Waals surface area contributed by atoms with E-state index in [0.717, 1.165) is 12.1 Å². The molecule has 6 aromatic rings. The molecular formula is C33H35F2I4N4V. The number of hydrogen-bond acceptors (Lipinski definition) is 4. The van der Waals surface area contributed by atoms with E-state index in [0.29, 0.717) is 0 Å². The molecule has 0 unspecified atom stereocenters. The molecule has 0 saturated heterocycles. The minimum Gasteiger partial charge on any atom is -0.0616 e. The fourth-order valence-electron chi connectivity index (χ4n) is 3.89. The van der Waals surface area contributed by atoms with Crippen LogP contribution in [0.2, 0.25) is 0 Å². The van der Waals surface area contributed by atoms with Crippen LogP contribution in [0.3, 0.4) is 0 Å². The number of alkyl halides is 1. The van der Waals surface area contributed by atoms with Gasteiger partial charge in [-0.05, 0) is 38.6 Å². The summed E-state index contributed by atoms with van der Waals surface area (Å²) in [5.41, 5.74) is 21.9. The summed E-state index contributed by atoms with van der Waals surface area (Å²) in [4.78, 5) is 1.69. The van der Waals surface area contributed by atoms with Crippen molar-refractivity contribution in [3.63, 3.8) is 0 Å². The molecule has 11 heteroatoms. The molecule has 0 aromatic heterocycles. The van der Waals surface area contributed by atoms with Gasteiger partial charge in [-0.2, -0.15) is 0 Å². The van der Waals surface area contributed by atoms with E-state index in [2.05, 4.69) is 180 Å². The fourth-order valence-corrected chi connectivity index (χ4v) is 3.89. The van der Waals surface area contributed by atoms with Gasteiger partial charge in [0.15, 0.2) is 0 Å². The minimum absolute atomic E-state index is 0.0342. The van der Waals surface area contributed by atoms with Crippen molar-refractivity contribution < 1.29 is 13.7 Å². The predicted molar refractivity (Wildman–Crippen MR) is 223 cm³/mol. The number of benzene rings is 6. The molecule has 0 aliphatic heterocycles. The van der Waals surface area contributed by atoms with Crippen LogP contribution in [-0.4, -0.2) is 4.93 Å². The van der Waals surface area contributed by atoms with E-state index in [1.54, 1.807) is 0 Å². The van der Waals surface area contributed by atoms with Gasteiger partial charge in [0.25, 0.3) is 0 Å². The van der Waals surface area contributed by atoms with E-state index < -0.39 is 11.6 Å². The van der Waals surface area contributed by atoms with Gasteiger partial charge < -0.3 is 22.9 Å². The number of nitrogen functional groups attached to an aromatic ring is 4. The van der Waals surface area contributed by atoms with E-state index in [4.69, 9.17) is 22.9 Å². The molecule has 234 valence electrons. The second-order valence-corrected chi connectivity index (χ2v) is 43.7. The second kappa shape index (κ2) is 22.2. The first kappa shape index (κ1) is 40.7. The molecule has 4 nitrogen and oxygen atoms in total. The Labute approximate surface area is 309 Å². The Kier molecular flexibility index (Phi) is 20.6. The van der Waals surface area contributed by atoms with Crippen molar-refractivity contribution in [2.45, 2.75) is 13.8 Å². The summed E-state index contributed by atoms with van der Waals surface area (Å²) in [6.07, 6.45) is 0. The Morgan fingerprint density at radius 1 is 0.477 bits per heavy atom. The van der Waals surface area contributed by atoms with Crippen molar-refractivity contribution >= 4 is 138 Å². The van der Waals surface area contributed by atoms with Crippen LogP contribution in [-0.2, 0) is 4.92 Å². The summed E-state index contributed by atoms with van der Waals surface area (Å²) in [6.45, 7) is 4.00. The third-order valence-corrected chi connectivity index (χ3v) is 5.77. The molecule has 6 aromatic carbocycles. The molecule has 0 heterocycles. The number of hydrogen-bond donors (Lipinski definition) is 4. The number of anilines is 4. The standard InChI is InChI=1S/C10H10F2N4.2C10H8.C2H6.CH3I.3HI.V/c11-3-1-5(13)9(15)8-4(12)2-6(14)10(16)7(3)8;2*1-2-6-10-8-4-3-7-9(10)5-1;2*1-2;;;;/h1-2H,13-16H2;2*1-8H;1-2H3;1H3;3*1H;/q;;;;;;;;+3/p-3. The quantitative estimate of drug-likeness (QED) is 0.0691. The second-order valence-electron chi connectivity index (χ2n) is 8.36. The minimum atomic E-state index is -0.745. The van der Waals surface area contributed by atoms with Gasteiger partial charge in [0, 0.05) is 10.8 Å². The molecule has 0 aliphatic rings. The van der Waals surface area contributed by atoms with Gasteiger partial charge in [-0.15, -0.1) is 0 Å². The maximum Gasteiger partial charge on any atom is -0.0184 e.